The molecule has 2 nitrogen and oxygen atoms in total. The molecule has 0 saturated heterocycles. The number of hydrogen-bond acceptors (Lipinski definition) is 2. The Bertz CT molecular complexity index is 402. The van der Waals surface area contributed by atoms with Crippen LogP contribution >= 0.6 is 15.9 Å². The highest BCUT2D eigenvalue weighted by Crippen LogP contribution is 2.31. The van der Waals surface area contributed by atoms with Gasteiger partial charge in [0, 0.05) is 12.0 Å². The first-order valence-corrected chi connectivity index (χ1v) is 5.27. The maximum absolute atomic E-state index is 13.7. The van der Waals surface area contributed by atoms with Crippen LogP contribution in [-0.4, -0.2) is 12.9 Å². The van der Waals surface area contributed by atoms with Gasteiger partial charge in [0.2, 0.25) is 0 Å². The molecule has 1 aromatic carbocycles. The molecule has 82 valence electrons. The fourth-order valence-electron chi connectivity index (χ4n) is 1.49. The molecule has 0 atom stereocenters. The van der Waals surface area contributed by atoms with Crippen molar-refractivity contribution < 1.29 is 13.9 Å². The zero-order valence-corrected chi connectivity index (χ0v) is 10.4. The van der Waals surface area contributed by atoms with E-state index in [4.69, 9.17) is 4.74 Å². The first-order chi connectivity index (χ1) is 6.97. The van der Waals surface area contributed by atoms with Gasteiger partial charge >= 0.3 is 0 Å². The summed E-state index contributed by atoms with van der Waals surface area (Å²) in [6, 6.07) is 1.64. The summed E-state index contributed by atoms with van der Waals surface area (Å²) in [5.74, 6) is -0.0664. The molecule has 0 N–H and O–H groups in total. The summed E-state index contributed by atoms with van der Waals surface area (Å²) in [6.07, 6.45) is 0.0509. The number of carbonyl (C=O) groups is 1. The van der Waals surface area contributed by atoms with E-state index in [0.29, 0.717) is 15.8 Å². The molecule has 15 heavy (non-hydrogen) atoms. The van der Waals surface area contributed by atoms with E-state index in [9.17, 15) is 9.18 Å². The summed E-state index contributed by atoms with van der Waals surface area (Å²) < 4.78 is 19.2. The first-order valence-electron chi connectivity index (χ1n) is 4.48. The Hall–Kier alpha value is -0.900. The Kier molecular flexibility index (Phi) is 3.85. The van der Waals surface area contributed by atoms with Crippen molar-refractivity contribution in [3.63, 3.8) is 0 Å². The van der Waals surface area contributed by atoms with Crippen LogP contribution in [0.2, 0.25) is 0 Å². The quantitative estimate of drug-likeness (QED) is 0.847. The van der Waals surface area contributed by atoms with Gasteiger partial charge in [-0.2, -0.15) is 0 Å². The van der Waals surface area contributed by atoms with Crippen molar-refractivity contribution in [2.24, 2.45) is 0 Å². The highest BCUT2D eigenvalue weighted by Gasteiger charge is 2.17. The molecule has 0 radical (unpaired) electrons. The van der Waals surface area contributed by atoms with Gasteiger partial charge in [0.1, 0.15) is 17.3 Å². The molecule has 0 spiro atoms. The smallest absolute Gasteiger partial charge is 0.144 e. The van der Waals surface area contributed by atoms with Crippen LogP contribution in [0.1, 0.15) is 18.1 Å². The lowest BCUT2D eigenvalue weighted by Gasteiger charge is -2.12. The van der Waals surface area contributed by atoms with Crippen LogP contribution in [0.4, 0.5) is 4.39 Å². The largest absolute Gasteiger partial charge is 0.496 e. The Morgan fingerprint density at radius 1 is 1.60 bits per heavy atom. The number of halogens is 2. The van der Waals surface area contributed by atoms with Gasteiger partial charge in [-0.15, -0.1) is 0 Å². The molecule has 4 heteroatoms. The molecule has 0 fully saturated rings. The summed E-state index contributed by atoms with van der Waals surface area (Å²) in [5.41, 5.74) is 1.12. The van der Waals surface area contributed by atoms with Crippen molar-refractivity contribution >= 4 is 21.7 Å². The van der Waals surface area contributed by atoms with Crippen molar-refractivity contribution in [3.05, 3.63) is 27.5 Å². The van der Waals surface area contributed by atoms with E-state index in [1.165, 1.54) is 14.0 Å². The van der Waals surface area contributed by atoms with E-state index in [1.807, 2.05) is 6.92 Å². The highest BCUT2D eigenvalue weighted by molar-refractivity contribution is 9.10. The van der Waals surface area contributed by atoms with Crippen molar-refractivity contribution in [2.45, 2.75) is 20.3 Å². The van der Waals surface area contributed by atoms with E-state index in [1.54, 1.807) is 6.07 Å². The minimum atomic E-state index is -0.423. The minimum absolute atomic E-state index is 0.0509. The molecule has 0 heterocycles. The van der Waals surface area contributed by atoms with Gasteiger partial charge in [-0.1, -0.05) is 0 Å². The number of methoxy groups -OCH3 is 1. The summed E-state index contributed by atoms with van der Waals surface area (Å²) >= 11 is 3.11. The van der Waals surface area contributed by atoms with Crippen LogP contribution in [-0.2, 0) is 11.2 Å². The number of hydrogen-bond donors (Lipinski definition) is 0. The third kappa shape index (κ3) is 2.56. The molecule has 0 aliphatic rings. The van der Waals surface area contributed by atoms with Crippen LogP contribution in [0.25, 0.3) is 0 Å². The normalized spacial score (nSPS) is 10.2. The van der Waals surface area contributed by atoms with Crippen LogP contribution in [0.5, 0.6) is 5.75 Å². The van der Waals surface area contributed by atoms with Gasteiger partial charge in [0.15, 0.2) is 0 Å². The maximum Gasteiger partial charge on any atom is 0.144 e. The second-order valence-corrected chi connectivity index (χ2v) is 4.23. The molecular weight excluding hydrogens is 263 g/mol. The number of carbonyl (C=O) groups excluding carboxylic acids is 1. The Balaban J connectivity index is 3.36. The topological polar surface area (TPSA) is 26.3 Å². The fraction of sp³-hybridized carbons (Fsp3) is 0.364. The molecule has 1 aromatic rings. The monoisotopic (exact) mass is 274 g/mol. The van der Waals surface area contributed by atoms with Crippen molar-refractivity contribution in [1.29, 1.82) is 0 Å². The Labute approximate surface area is 96.6 Å². The molecule has 0 aliphatic heterocycles. The van der Waals surface area contributed by atoms with Gasteiger partial charge in [0.25, 0.3) is 0 Å². The molecule has 0 aromatic heterocycles. The fourth-order valence-corrected chi connectivity index (χ4v) is 2.07. The van der Waals surface area contributed by atoms with E-state index in [2.05, 4.69) is 15.9 Å². The van der Waals surface area contributed by atoms with Crippen LogP contribution in [0.15, 0.2) is 10.5 Å². The number of ether oxygens (including phenoxy) is 1. The third-order valence-corrected chi connectivity index (χ3v) is 2.66. The molecule has 0 bridgehead atoms. The van der Waals surface area contributed by atoms with Gasteiger partial charge in [-0.25, -0.2) is 4.39 Å². The van der Waals surface area contributed by atoms with Gasteiger partial charge in [-0.05, 0) is 41.4 Å². The van der Waals surface area contributed by atoms with E-state index >= 15 is 0 Å². The summed E-state index contributed by atoms with van der Waals surface area (Å²) in [5, 5.41) is 0. The second-order valence-electron chi connectivity index (χ2n) is 3.38. The molecule has 0 saturated carbocycles. The van der Waals surface area contributed by atoms with Crippen LogP contribution in [0.3, 0.4) is 0 Å². The van der Waals surface area contributed by atoms with Crippen molar-refractivity contribution in [3.8, 4) is 5.75 Å². The maximum atomic E-state index is 13.7. The minimum Gasteiger partial charge on any atom is -0.496 e. The highest BCUT2D eigenvalue weighted by atomic mass is 79.9. The van der Waals surface area contributed by atoms with E-state index in [0.717, 1.165) is 5.56 Å². The number of ketones is 1. The van der Waals surface area contributed by atoms with Gasteiger partial charge < -0.3 is 4.74 Å². The molecule has 0 unspecified atom stereocenters. The first kappa shape index (κ1) is 12.2. The standard InChI is InChI=1S/C11H12BrFO2/c1-6-4-9(12)10(13)8(5-7(2)14)11(6)15-3/h4H,5H2,1-3H3. The SMILES string of the molecule is COc1c(C)cc(Br)c(F)c1CC(C)=O. The molecular formula is C11H12BrFO2. The number of aryl methyl sites for hydroxylation is 1. The zero-order chi connectivity index (χ0) is 11.6. The van der Waals surface area contributed by atoms with E-state index in [-0.39, 0.29) is 12.2 Å². The Morgan fingerprint density at radius 3 is 2.67 bits per heavy atom. The van der Waals surface area contributed by atoms with Crippen LogP contribution < -0.4 is 4.74 Å². The Morgan fingerprint density at radius 2 is 2.20 bits per heavy atom. The molecule has 0 aliphatic carbocycles. The van der Waals surface area contributed by atoms with Gasteiger partial charge in [0.05, 0.1) is 11.6 Å². The summed E-state index contributed by atoms with van der Waals surface area (Å²) in [6.45, 7) is 3.24. The second kappa shape index (κ2) is 4.75. The zero-order valence-electron chi connectivity index (χ0n) is 8.86. The average Bonchev–Trinajstić information content (AvgIpc) is 2.13. The summed E-state index contributed by atoms with van der Waals surface area (Å²) in [4.78, 5) is 11.0. The van der Waals surface area contributed by atoms with Crippen molar-refractivity contribution in [1.82, 2.24) is 0 Å². The lowest BCUT2D eigenvalue weighted by atomic mass is 10.0. The third-order valence-electron chi connectivity index (χ3n) is 2.08. The number of Topliss-reactive ketones (excluding diaryl/α,β-unsaturated/α-hetero) is 1. The lowest BCUT2D eigenvalue weighted by molar-refractivity contribution is -0.116. The average molecular weight is 275 g/mol. The molecule has 0 amide bonds. The van der Waals surface area contributed by atoms with Gasteiger partial charge in [-0.3, -0.25) is 4.79 Å². The van der Waals surface area contributed by atoms with Crippen molar-refractivity contribution in [2.75, 3.05) is 7.11 Å². The number of benzene rings is 1. The molecule has 1 rings (SSSR count). The predicted molar refractivity (Wildman–Crippen MR) is 59.8 cm³/mol. The van der Waals surface area contributed by atoms with E-state index < -0.39 is 5.82 Å². The predicted octanol–water partition coefficient (Wildman–Crippen LogP) is 3.04. The number of rotatable bonds is 3. The lowest BCUT2D eigenvalue weighted by Crippen LogP contribution is -2.04. The summed E-state index contributed by atoms with van der Waals surface area (Å²) in [7, 11) is 1.47. The van der Waals surface area contributed by atoms with Crippen LogP contribution in [0, 0.1) is 12.7 Å².